The molecule has 0 unspecified atom stereocenters. The topological polar surface area (TPSA) is 0 Å². The van der Waals surface area contributed by atoms with Gasteiger partial charge in [-0.1, -0.05) is 48.5 Å². The Kier molecular flexibility index (Phi) is 5.53. The molecule has 138 valence electrons. The van der Waals surface area contributed by atoms with E-state index in [-0.39, 0.29) is 11.1 Å². The Morgan fingerprint density at radius 3 is 1.00 bits per heavy atom. The quantitative estimate of drug-likeness (QED) is 0.500. The van der Waals surface area contributed by atoms with Gasteiger partial charge in [0.25, 0.3) is 0 Å². The summed E-state index contributed by atoms with van der Waals surface area (Å²) < 4.78 is 101. The van der Waals surface area contributed by atoms with Crippen molar-refractivity contribution in [1.82, 2.24) is 0 Å². The SMILES string of the molecule is F/C=C(/c1ccc(-c2ccc(/C(=C\F)C(F)(F)F)cc2)cc1)C(F)(F)F. The summed E-state index contributed by atoms with van der Waals surface area (Å²) in [5, 5.41) is 0. The van der Waals surface area contributed by atoms with E-state index in [1.807, 2.05) is 0 Å². The first kappa shape index (κ1) is 19.7. The summed E-state index contributed by atoms with van der Waals surface area (Å²) in [6.07, 6.45) is -10.8. The van der Waals surface area contributed by atoms with Gasteiger partial charge in [-0.05, 0) is 22.3 Å². The van der Waals surface area contributed by atoms with Gasteiger partial charge in [-0.25, -0.2) is 8.78 Å². The predicted molar refractivity (Wildman–Crippen MR) is 82.2 cm³/mol. The van der Waals surface area contributed by atoms with E-state index in [0.29, 0.717) is 11.1 Å². The van der Waals surface area contributed by atoms with Crippen LogP contribution in [0.2, 0.25) is 0 Å². The lowest BCUT2D eigenvalue weighted by molar-refractivity contribution is -0.0704. The Morgan fingerprint density at radius 2 is 0.808 bits per heavy atom. The number of rotatable bonds is 3. The number of alkyl halides is 6. The number of benzene rings is 2. The minimum Gasteiger partial charge on any atom is -0.215 e. The standard InChI is InChI=1S/C18H10F8/c19-9-15(17(21,22)23)13-5-1-11(2-6-13)12-3-7-14(8-4-12)16(10-20)18(24,25)26/h1-10H/b15-9-,16-10+. The van der Waals surface area contributed by atoms with Crippen molar-refractivity contribution in [2.24, 2.45) is 0 Å². The smallest absolute Gasteiger partial charge is 0.215 e. The van der Waals surface area contributed by atoms with Gasteiger partial charge in [0.1, 0.15) is 0 Å². The van der Waals surface area contributed by atoms with Gasteiger partial charge >= 0.3 is 12.4 Å². The Bertz CT molecular complexity index is 735. The molecule has 0 amide bonds. The first-order chi connectivity index (χ1) is 12.1. The third kappa shape index (κ3) is 4.30. The van der Waals surface area contributed by atoms with Crippen LogP contribution in [-0.4, -0.2) is 12.4 Å². The fourth-order valence-corrected chi connectivity index (χ4v) is 2.26. The van der Waals surface area contributed by atoms with Crippen molar-refractivity contribution in [3.05, 3.63) is 72.3 Å². The summed E-state index contributed by atoms with van der Waals surface area (Å²) in [7, 11) is 0. The molecule has 0 aromatic heterocycles. The highest BCUT2D eigenvalue weighted by molar-refractivity contribution is 5.74. The predicted octanol–water partition coefficient (Wildman–Crippen LogP) is 7.10. The average Bonchev–Trinajstić information content (AvgIpc) is 2.55. The van der Waals surface area contributed by atoms with Crippen LogP contribution in [0, 0.1) is 0 Å². The maximum Gasteiger partial charge on any atom is 0.419 e. The molecule has 0 radical (unpaired) electrons. The second kappa shape index (κ2) is 7.31. The third-order valence-electron chi connectivity index (χ3n) is 3.55. The van der Waals surface area contributed by atoms with Crippen LogP contribution >= 0.6 is 0 Å². The zero-order valence-corrected chi connectivity index (χ0v) is 12.8. The molecule has 0 saturated heterocycles. The van der Waals surface area contributed by atoms with Crippen LogP contribution in [0.15, 0.2) is 61.2 Å². The Morgan fingerprint density at radius 1 is 0.538 bits per heavy atom. The molecule has 2 aromatic carbocycles. The van der Waals surface area contributed by atoms with E-state index in [0.717, 1.165) is 24.3 Å². The van der Waals surface area contributed by atoms with Gasteiger partial charge in [0.05, 0.1) is 23.8 Å². The molecule has 8 heteroatoms. The van der Waals surface area contributed by atoms with Crippen LogP contribution in [0.5, 0.6) is 0 Å². The highest BCUT2D eigenvalue weighted by Crippen LogP contribution is 2.36. The van der Waals surface area contributed by atoms with E-state index in [9.17, 15) is 35.1 Å². The summed E-state index contributed by atoms with van der Waals surface area (Å²) in [4.78, 5) is 0. The lowest BCUT2D eigenvalue weighted by atomic mass is 9.98. The van der Waals surface area contributed by atoms with Crippen LogP contribution in [-0.2, 0) is 0 Å². The third-order valence-corrected chi connectivity index (χ3v) is 3.55. The van der Waals surface area contributed by atoms with Crippen molar-refractivity contribution < 1.29 is 35.1 Å². The number of allylic oxidation sites excluding steroid dienone is 2. The molecule has 0 fully saturated rings. The Labute approximate surface area is 143 Å². The van der Waals surface area contributed by atoms with Gasteiger partial charge in [0.15, 0.2) is 0 Å². The zero-order chi connectivity index (χ0) is 19.5. The van der Waals surface area contributed by atoms with E-state index >= 15 is 0 Å². The molecule has 26 heavy (non-hydrogen) atoms. The first-order valence-electron chi connectivity index (χ1n) is 7.04. The van der Waals surface area contributed by atoms with Crippen molar-refractivity contribution in [2.45, 2.75) is 12.4 Å². The van der Waals surface area contributed by atoms with Crippen molar-refractivity contribution in [1.29, 1.82) is 0 Å². The van der Waals surface area contributed by atoms with E-state index in [1.165, 1.54) is 24.3 Å². The maximum atomic E-state index is 12.6. The molecule has 0 spiro atoms. The summed E-state index contributed by atoms with van der Waals surface area (Å²) in [6, 6.07) is 9.28. The van der Waals surface area contributed by atoms with E-state index in [2.05, 4.69) is 0 Å². The first-order valence-corrected chi connectivity index (χ1v) is 7.04. The summed E-state index contributed by atoms with van der Waals surface area (Å²) >= 11 is 0. The molecule has 0 heterocycles. The lowest BCUT2D eigenvalue weighted by Crippen LogP contribution is -2.10. The molecule has 0 aliphatic rings. The second-order valence-electron chi connectivity index (χ2n) is 5.20. The van der Waals surface area contributed by atoms with Gasteiger partial charge in [-0.3, -0.25) is 0 Å². The molecular formula is C18H10F8. The van der Waals surface area contributed by atoms with Crippen molar-refractivity contribution >= 4 is 11.1 Å². The van der Waals surface area contributed by atoms with Crippen molar-refractivity contribution in [3.8, 4) is 11.1 Å². The van der Waals surface area contributed by atoms with Crippen LogP contribution in [0.4, 0.5) is 35.1 Å². The van der Waals surface area contributed by atoms with Crippen molar-refractivity contribution in [3.63, 3.8) is 0 Å². The molecule has 2 aromatic rings. The van der Waals surface area contributed by atoms with Gasteiger partial charge in [0, 0.05) is 0 Å². The Hall–Kier alpha value is -2.64. The molecule has 0 aliphatic heterocycles. The maximum absolute atomic E-state index is 12.6. The highest BCUT2D eigenvalue weighted by atomic mass is 19.4. The highest BCUT2D eigenvalue weighted by Gasteiger charge is 2.35. The molecule has 2 rings (SSSR count). The molecule has 0 bridgehead atoms. The number of hydrogen-bond donors (Lipinski definition) is 0. The summed E-state index contributed by atoms with van der Waals surface area (Å²) in [5.74, 6) is 0. The van der Waals surface area contributed by atoms with Gasteiger partial charge < -0.3 is 0 Å². The molecule has 0 N–H and O–H groups in total. The minimum absolute atomic E-state index is 0.389. The van der Waals surface area contributed by atoms with Crippen LogP contribution in [0.25, 0.3) is 22.3 Å². The second-order valence-corrected chi connectivity index (χ2v) is 5.20. The molecule has 0 nitrogen and oxygen atoms in total. The average molecular weight is 378 g/mol. The zero-order valence-electron chi connectivity index (χ0n) is 12.8. The van der Waals surface area contributed by atoms with Crippen LogP contribution in [0.3, 0.4) is 0 Å². The number of halogens is 8. The Balaban J connectivity index is 2.31. The fourth-order valence-electron chi connectivity index (χ4n) is 2.26. The summed E-state index contributed by atoms with van der Waals surface area (Å²) in [6.45, 7) is 0. The molecule has 0 aliphatic carbocycles. The molecule has 0 atom stereocenters. The van der Waals surface area contributed by atoms with Crippen LogP contribution in [0.1, 0.15) is 11.1 Å². The molecular weight excluding hydrogens is 368 g/mol. The minimum atomic E-state index is -4.86. The lowest BCUT2D eigenvalue weighted by Gasteiger charge is -2.12. The number of hydrogen-bond acceptors (Lipinski definition) is 0. The normalized spacial score (nSPS) is 13.8. The van der Waals surface area contributed by atoms with E-state index < -0.39 is 36.2 Å². The summed E-state index contributed by atoms with van der Waals surface area (Å²) in [5.41, 5.74) is -2.86. The van der Waals surface area contributed by atoms with E-state index in [4.69, 9.17) is 0 Å². The fraction of sp³-hybridized carbons (Fsp3) is 0.111. The van der Waals surface area contributed by atoms with Gasteiger partial charge in [0.2, 0.25) is 0 Å². The van der Waals surface area contributed by atoms with Gasteiger partial charge in [-0.2, -0.15) is 26.3 Å². The van der Waals surface area contributed by atoms with E-state index in [1.54, 1.807) is 0 Å². The van der Waals surface area contributed by atoms with Gasteiger partial charge in [-0.15, -0.1) is 0 Å². The van der Waals surface area contributed by atoms with Crippen LogP contribution < -0.4 is 0 Å². The molecule has 0 saturated carbocycles. The largest absolute Gasteiger partial charge is 0.419 e. The van der Waals surface area contributed by atoms with Crippen molar-refractivity contribution in [2.75, 3.05) is 0 Å². The monoisotopic (exact) mass is 378 g/mol.